The maximum Gasteiger partial charge on any atom is 0.334 e. The smallest absolute Gasteiger partial charge is 0.334 e. The lowest BCUT2D eigenvalue weighted by molar-refractivity contribution is -0.143. The van der Waals surface area contributed by atoms with Crippen LogP contribution in [-0.4, -0.2) is 43.4 Å². The number of ether oxygens (including phenoxy) is 1. The molecular formula is C26H27NO3. The molecule has 0 bridgehead atoms. The monoisotopic (exact) mass is 401 g/mol. The molecule has 0 radical (unpaired) electrons. The third kappa shape index (κ3) is 3.52. The number of carbonyl (C=O) groups is 2. The topological polar surface area (TPSA) is 46.6 Å². The molecule has 2 atom stereocenters. The highest BCUT2D eigenvalue weighted by molar-refractivity contribution is 6.12. The standard InChI is InChI=1S/C26H27NO3/c1-3-30-25(29)23-15-14-22(20-12-8-5-9-13-20)26(23)18-27(2)17-21(24(26)28)16-19-10-6-4-7-11-19/h4-13,15-16,22H,3,14,17-18H2,1-2H3/b21-16+/t22-,26-/m1/s1. The Labute approximate surface area is 177 Å². The second-order valence-electron chi connectivity index (χ2n) is 8.09. The first-order valence-corrected chi connectivity index (χ1v) is 10.5. The maximum absolute atomic E-state index is 14.1. The van der Waals surface area contributed by atoms with E-state index in [4.69, 9.17) is 4.74 Å². The molecule has 0 N–H and O–H groups in total. The highest BCUT2D eigenvalue weighted by Gasteiger charge is 2.57. The Morgan fingerprint density at radius 3 is 2.47 bits per heavy atom. The van der Waals surface area contributed by atoms with E-state index in [1.54, 1.807) is 6.92 Å². The van der Waals surface area contributed by atoms with Crippen LogP contribution in [0.25, 0.3) is 6.08 Å². The predicted octanol–water partition coefficient (Wildman–Crippen LogP) is 4.25. The summed E-state index contributed by atoms with van der Waals surface area (Å²) in [5, 5.41) is 0. The Balaban J connectivity index is 1.83. The third-order valence-electron chi connectivity index (χ3n) is 6.13. The van der Waals surface area contributed by atoms with Crippen LogP contribution in [-0.2, 0) is 14.3 Å². The second-order valence-corrected chi connectivity index (χ2v) is 8.09. The van der Waals surface area contributed by atoms with Gasteiger partial charge in [-0.05, 0) is 37.6 Å². The van der Waals surface area contributed by atoms with Crippen molar-refractivity contribution < 1.29 is 14.3 Å². The van der Waals surface area contributed by atoms with E-state index in [2.05, 4.69) is 17.0 Å². The summed E-state index contributed by atoms with van der Waals surface area (Å²) >= 11 is 0. The second kappa shape index (κ2) is 8.41. The zero-order valence-electron chi connectivity index (χ0n) is 17.5. The van der Waals surface area contributed by atoms with E-state index in [1.807, 2.05) is 67.7 Å². The first kappa shape index (κ1) is 20.3. The van der Waals surface area contributed by atoms with Gasteiger partial charge in [0, 0.05) is 30.2 Å². The van der Waals surface area contributed by atoms with Crippen molar-refractivity contribution in [2.75, 3.05) is 26.7 Å². The molecule has 0 unspecified atom stereocenters. The Hall–Kier alpha value is -2.98. The van der Waals surface area contributed by atoms with Crippen molar-refractivity contribution in [3.8, 4) is 0 Å². The molecule has 2 aliphatic rings. The summed E-state index contributed by atoms with van der Waals surface area (Å²) in [6.45, 7) is 3.15. The molecule has 0 saturated carbocycles. The van der Waals surface area contributed by atoms with Gasteiger partial charge in [0.25, 0.3) is 0 Å². The normalized spacial score (nSPS) is 25.5. The Morgan fingerprint density at radius 1 is 1.13 bits per heavy atom. The van der Waals surface area contributed by atoms with Crippen molar-refractivity contribution in [2.45, 2.75) is 19.3 Å². The minimum Gasteiger partial charge on any atom is -0.463 e. The van der Waals surface area contributed by atoms with Gasteiger partial charge in [0.1, 0.15) is 0 Å². The molecule has 1 fully saturated rings. The van der Waals surface area contributed by atoms with Gasteiger partial charge < -0.3 is 9.64 Å². The predicted molar refractivity (Wildman–Crippen MR) is 118 cm³/mol. The fraction of sp³-hybridized carbons (Fsp3) is 0.308. The number of hydrogen-bond donors (Lipinski definition) is 0. The molecule has 1 aliphatic heterocycles. The highest BCUT2D eigenvalue weighted by Crippen LogP contribution is 2.54. The quantitative estimate of drug-likeness (QED) is 0.568. The van der Waals surface area contributed by atoms with E-state index in [-0.39, 0.29) is 17.7 Å². The molecule has 1 aliphatic carbocycles. The van der Waals surface area contributed by atoms with Gasteiger partial charge >= 0.3 is 5.97 Å². The molecule has 4 rings (SSSR count). The van der Waals surface area contributed by atoms with Gasteiger partial charge in [-0.15, -0.1) is 0 Å². The average molecular weight is 402 g/mol. The van der Waals surface area contributed by atoms with Crippen LogP contribution in [0.2, 0.25) is 0 Å². The van der Waals surface area contributed by atoms with Crippen LogP contribution in [0.15, 0.2) is 77.9 Å². The number of rotatable bonds is 4. The van der Waals surface area contributed by atoms with E-state index in [0.717, 1.165) is 16.7 Å². The van der Waals surface area contributed by atoms with Crippen molar-refractivity contribution in [1.29, 1.82) is 0 Å². The van der Waals surface area contributed by atoms with Crippen LogP contribution in [0.5, 0.6) is 0 Å². The van der Waals surface area contributed by atoms with Crippen LogP contribution in [0.3, 0.4) is 0 Å². The molecular weight excluding hydrogens is 374 g/mol. The third-order valence-corrected chi connectivity index (χ3v) is 6.13. The van der Waals surface area contributed by atoms with Crippen LogP contribution < -0.4 is 0 Å². The van der Waals surface area contributed by atoms with Crippen molar-refractivity contribution in [3.05, 3.63) is 89.0 Å². The lowest BCUT2D eigenvalue weighted by atomic mass is 9.64. The van der Waals surface area contributed by atoms with E-state index in [0.29, 0.717) is 31.7 Å². The average Bonchev–Trinajstić information content (AvgIpc) is 3.13. The van der Waals surface area contributed by atoms with Crippen molar-refractivity contribution in [3.63, 3.8) is 0 Å². The molecule has 154 valence electrons. The van der Waals surface area contributed by atoms with Crippen molar-refractivity contribution in [1.82, 2.24) is 4.90 Å². The molecule has 0 aromatic heterocycles. The number of hydrogen-bond acceptors (Lipinski definition) is 4. The Bertz CT molecular complexity index is 993. The SMILES string of the molecule is CCOC(=O)C1=CC[C@H](c2ccccc2)[C@]12CN(C)C/C(=C\c1ccccc1)C2=O. The molecule has 0 amide bonds. The first-order chi connectivity index (χ1) is 14.6. The maximum atomic E-state index is 14.1. The van der Waals surface area contributed by atoms with Gasteiger partial charge in [0.05, 0.1) is 12.0 Å². The summed E-state index contributed by atoms with van der Waals surface area (Å²) < 4.78 is 5.38. The summed E-state index contributed by atoms with van der Waals surface area (Å²) in [5.74, 6) is -0.429. The van der Waals surface area contributed by atoms with E-state index in [1.165, 1.54) is 0 Å². The molecule has 30 heavy (non-hydrogen) atoms. The lowest BCUT2D eigenvalue weighted by Gasteiger charge is -2.44. The van der Waals surface area contributed by atoms with Gasteiger partial charge in [0.15, 0.2) is 5.78 Å². The summed E-state index contributed by atoms with van der Waals surface area (Å²) in [5.41, 5.74) is 2.38. The molecule has 4 nitrogen and oxygen atoms in total. The molecule has 4 heteroatoms. The number of allylic oxidation sites excluding steroid dienone is 1. The minimum absolute atomic E-state index is 0.0371. The molecule has 2 aromatic carbocycles. The van der Waals surface area contributed by atoms with Gasteiger partial charge in [-0.25, -0.2) is 4.79 Å². The van der Waals surface area contributed by atoms with Gasteiger partial charge in [0.2, 0.25) is 0 Å². The summed E-state index contributed by atoms with van der Waals surface area (Å²) in [4.78, 5) is 29.1. The van der Waals surface area contributed by atoms with E-state index in [9.17, 15) is 9.59 Å². The largest absolute Gasteiger partial charge is 0.463 e. The van der Waals surface area contributed by atoms with Crippen LogP contribution in [0.4, 0.5) is 0 Å². The number of carbonyl (C=O) groups excluding carboxylic acids is 2. The summed E-state index contributed by atoms with van der Waals surface area (Å²) in [6, 6.07) is 19.9. The van der Waals surface area contributed by atoms with Crippen LogP contribution in [0, 0.1) is 5.41 Å². The zero-order chi connectivity index (χ0) is 21.1. The fourth-order valence-electron chi connectivity index (χ4n) is 4.93. The van der Waals surface area contributed by atoms with Crippen molar-refractivity contribution >= 4 is 17.8 Å². The lowest BCUT2D eigenvalue weighted by Crippen LogP contribution is -2.53. The highest BCUT2D eigenvalue weighted by atomic mass is 16.5. The van der Waals surface area contributed by atoms with Crippen molar-refractivity contribution in [2.24, 2.45) is 5.41 Å². The van der Waals surface area contributed by atoms with E-state index < -0.39 is 5.41 Å². The number of likely N-dealkylation sites (N-methyl/N-ethyl adjacent to an activating group) is 1. The molecule has 1 saturated heterocycles. The number of nitrogens with zero attached hydrogens (tertiary/aromatic N) is 1. The number of esters is 1. The summed E-state index contributed by atoms with van der Waals surface area (Å²) in [6.07, 6.45) is 4.53. The van der Waals surface area contributed by atoms with Gasteiger partial charge in [-0.3, -0.25) is 4.79 Å². The minimum atomic E-state index is -0.929. The fourth-order valence-corrected chi connectivity index (χ4v) is 4.93. The molecule has 1 spiro atoms. The zero-order valence-corrected chi connectivity index (χ0v) is 17.5. The number of benzene rings is 2. The van der Waals surface area contributed by atoms with Crippen LogP contribution in [0.1, 0.15) is 30.4 Å². The number of piperidine rings is 1. The summed E-state index contributed by atoms with van der Waals surface area (Å²) in [7, 11) is 2.01. The first-order valence-electron chi connectivity index (χ1n) is 10.5. The number of likely N-dealkylation sites (tertiary alicyclic amines) is 1. The Morgan fingerprint density at radius 2 is 1.80 bits per heavy atom. The molecule has 1 heterocycles. The number of Topliss-reactive ketones (excluding diaryl/α,β-unsaturated/α-hetero) is 1. The van der Waals surface area contributed by atoms with Gasteiger partial charge in [-0.2, -0.15) is 0 Å². The Kier molecular flexibility index (Phi) is 5.69. The molecule has 2 aromatic rings. The number of ketones is 1. The van der Waals surface area contributed by atoms with Crippen LogP contribution >= 0.6 is 0 Å². The van der Waals surface area contributed by atoms with E-state index >= 15 is 0 Å². The van der Waals surface area contributed by atoms with Gasteiger partial charge in [-0.1, -0.05) is 66.7 Å².